The van der Waals surface area contributed by atoms with E-state index in [9.17, 15) is 0 Å². The predicted octanol–water partition coefficient (Wildman–Crippen LogP) is 2.84. The van der Waals surface area contributed by atoms with Gasteiger partial charge in [-0.2, -0.15) is 5.26 Å². The number of hydrogen-bond acceptors (Lipinski definition) is 1. The lowest BCUT2D eigenvalue weighted by atomic mass is 10.1. The third-order valence-electron chi connectivity index (χ3n) is 1.44. The molecule has 0 aromatic carbocycles. The van der Waals surface area contributed by atoms with Crippen LogP contribution in [0.4, 0.5) is 0 Å². The fourth-order valence-electron chi connectivity index (χ4n) is 0.798. The first-order chi connectivity index (χ1) is 4.81. The minimum Gasteiger partial charge on any atom is -0.193 e. The maximum atomic E-state index is 8.28. The van der Waals surface area contributed by atoms with Gasteiger partial charge in [-0.3, -0.25) is 0 Å². The molecule has 0 atom stereocenters. The SMILES string of the molecule is [CH]=C(C#N)CCCCCC. The van der Waals surface area contributed by atoms with E-state index in [0.717, 1.165) is 12.8 Å². The second-order valence-corrected chi connectivity index (χ2v) is 2.45. The van der Waals surface area contributed by atoms with E-state index in [0.29, 0.717) is 5.57 Å². The van der Waals surface area contributed by atoms with Gasteiger partial charge in [0, 0.05) is 5.57 Å². The van der Waals surface area contributed by atoms with Gasteiger partial charge in [-0.25, -0.2) is 0 Å². The van der Waals surface area contributed by atoms with Crippen LogP contribution < -0.4 is 0 Å². The van der Waals surface area contributed by atoms with Crippen molar-refractivity contribution in [2.75, 3.05) is 0 Å². The molecule has 0 unspecified atom stereocenters. The van der Waals surface area contributed by atoms with Crippen LogP contribution in [-0.2, 0) is 0 Å². The Bertz CT molecular complexity index is 130. The van der Waals surface area contributed by atoms with Crippen LogP contribution in [0.3, 0.4) is 0 Å². The highest BCUT2D eigenvalue weighted by atomic mass is 14.2. The minimum absolute atomic E-state index is 0.469. The second-order valence-electron chi connectivity index (χ2n) is 2.45. The average molecular weight is 136 g/mol. The van der Waals surface area contributed by atoms with Gasteiger partial charge in [0.25, 0.3) is 0 Å². The van der Waals surface area contributed by atoms with Crippen LogP contribution in [0.15, 0.2) is 5.57 Å². The molecule has 0 rings (SSSR count). The van der Waals surface area contributed by atoms with Gasteiger partial charge in [0.2, 0.25) is 0 Å². The molecule has 0 aliphatic carbocycles. The molecule has 0 fully saturated rings. The summed E-state index contributed by atoms with van der Waals surface area (Å²) in [6.07, 6.45) is 5.51. The van der Waals surface area contributed by atoms with Gasteiger partial charge in [0.15, 0.2) is 0 Å². The van der Waals surface area contributed by atoms with E-state index in [1.165, 1.54) is 19.3 Å². The van der Waals surface area contributed by atoms with Crippen LogP contribution in [0.2, 0.25) is 0 Å². The van der Waals surface area contributed by atoms with Gasteiger partial charge < -0.3 is 0 Å². The molecular weight excluding hydrogens is 122 g/mol. The Morgan fingerprint density at radius 2 is 2.10 bits per heavy atom. The first kappa shape index (κ1) is 9.23. The van der Waals surface area contributed by atoms with E-state index in [1.54, 1.807) is 0 Å². The first-order valence-electron chi connectivity index (χ1n) is 3.82. The molecule has 1 heteroatoms. The highest BCUT2D eigenvalue weighted by Gasteiger charge is 1.90. The van der Waals surface area contributed by atoms with Crippen molar-refractivity contribution in [1.82, 2.24) is 0 Å². The summed E-state index contributed by atoms with van der Waals surface area (Å²) in [6.45, 7) is 7.47. The Morgan fingerprint density at radius 1 is 1.40 bits per heavy atom. The number of unbranched alkanes of at least 4 members (excludes halogenated alkanes) is 3. The van der Waals surface area contributed by atoms with E-state index in [1.807, 2.05) is 6.07 Å². The fraction of sp³-hybridized carbons (Fsp3) is 0.667. The normalized spacial score (nSPS) is 8.80. The lowest BCUT2D eigenvalue weighted by Gasteiger charge is -1.95. The Labute approximate surface area is 63.4 Å². The van der Waals surface area contributed by atoms with Crippen molar-refractivity contribution in [1.29, 1.82) is 5.26 Å². The van der Waals surface area contributed by atoms with E-state index >= 15 is 0 Å². The first-order valence-corrected chi connectivity index (χ1v) is 3.82. The number of allylic oxidation sites excluding steroid dienone is 1. The predicted molar refractivity (Wildman–Crippen MR) is 42.2 cm³/mol. The van der Waals surface area contributed by atoms with Gasteiger partial charge in [-0.15, -0.1) is 0 Å². The zero-order valence-corrected chi connectivity index (χ0v) is 6.56. The lowest BCUT2D eigenvalue weighted by Crippen LogP contribution is -1.78. The molecular formula is C9H14N. The molecule has 0 heterocycles. The van der Waals surface area contributed by atoms with E-state index < -0.39 is 0 Å². The van der Waals surface area contributed by atoms with Crippen LogP contribution >= 0.6 is 0 Å². The Balaban J connectivity index is 3.06. The van der Waals surface area contributed by atoms with Gasteiger partial charge >= 0.3 is 0 Å². The van der Waals surface area contributed by atoms with Crippen molar-refractivity contribution in [3.63, 3.8) is 0 Å². The Kier molecular flexibility index (Phi) is 5.86. The monoisotopic (exact) mass is 136 g/mol. The van der Waals surface area contributed by atoms with E-state index in [-0.39, 0.29) is 0 Å². The molecule has 0 spiro atoms. The molecule has 0 saturated carbocycles. The zero-order valence-electron chi connectivity index (χ0n) is 6.56. The quantitative estimate of drug-likeness (QED) is 0.421. The number of nitrogens with zero attached hydrogens (tertiary/aromatic N) is 1. The highest BCUT2D eigenvalue weighted by Crippen LogP contribution is 2.06. The smallest absolute Gasteiger partial charge is 0.0947 e. The van der Waals surface area contributed by atoms with Crippen LogP contribution in [0.5, 0.6) is 0 Å². The Hall–Kier alpha value is -0.770. The summed E-state index contributed by atoms with van der Waals surface area (Å²) in [4.78, 5) is 0. The molecule has 0 amide bonds. The molecule has 55 valence electrons. The van der Waals surface area contributed by atoms with Crippen molar-refractivity contribution < 1.29 is 0 Å². The van der Waals surface area contributed by atoms with Crippen molar-refractivity contribution in [2.45, 2.75) is 39.0 Å². The van der Waals surface area contributed by atoms with Crippen molar-refractivity contribution in [3.05, 3.63) is 12.2 Å². The third-order valence-corrected chi connectivity index (χ3v) is 1.44. The van der Waals surface area contributed by atoms with E-state index in [4.69, 9.17) is 11.8 Å². The molecule has 0 saturated heterocycles. The van der Waals surface area contributed by atoms with Gasteiger partial charge in [-0.1, -0.05) is 26.2 Å². The standard InChI is InChI=1S/C9H14N/c1-3-4-5-6-7-9(2)8-10/h2H,3-7H2,1H3. The third kappa shape index (κ3) is 5.37. The fourth-order valence-corrected chi connectivity index (χ4v) is 0.798. The molecule has 0 N–H and O–H groups in total. The van der Waals surface area contributed by atoms with Crippen molar-refractivity contribution in [3.8, 4) is 6.07 Å². The molecule has 1 nitrogen and oxygen atoms in total. The Morgan fingerprint density at radius 3 is 2.60 bits per heavy atom. The summed E-state index contributed by atoms with van der Waals surface area (Å²) in [5.41, 5.74) is 0.469. The maximum Gasteiger partial charge on any atom is 0.0947 e. The molecule has 0 bridgehead atoms. The highest BCUT2D eigenvalue weighted by molar-refractivity contribution is 5.12. The molecule has 0 aliphatic heterocycles. The van der Waals surface area contributed by atoms with Crippen molar-refractivity contribution in [2.24, 2.45) is 0 Å². The van der Waals surface area contributed by atoms with Crippen LogP contribution in [0.25, 0.3) is 0 Å². The summed E-state index contributed by atoms with van der Waals surface area (Å²) in [6, 6.07) is 1.94. The number of rotatable bonds is 5. The second kappa shape index (κ2) is 6.35. The summed E-state index contributed by atoms with van der Waals surface area (Å²) < 4.78 is 0. The van der Waals surface area contributed by atoms with Gasteiger partial charge in [0.1, 0.15) is 0 Å². The maximum absolute atomic E-state index is 8.28. The number of hydrogen-bond donors (Lipinski definition) is 0. The molecule has 10 heavy (non-hydrogen) atoms. The lowest BCUT2D eigenvalue weighted by molar-refractivity contribution is 0.669. The number of nitriles is 1. The van der Waals surface area contributed by atoms with Gasteiger partial charge in [0.05, 0.1) is 6.07 Å². The topological polar surface area (TPSA) is 23.8 Å². The summed E-state index contributed by atoms with van der Waals surface area (Å²) >= 11 is 0. The molecule has 0 aliphatic rings. The molecule has 0 aromatic rings. The summed E-state index contributed by atoms with van der Waals surface area (Å²) in [5.74, 6) is 0. The average Bonchev–Trinajstić information content (AvgIpc) is 1.98. The van der Waals surface area contributed by atoms with E-state index in [2.05, 4.69) is 6.92 Å². The van der Waals surface area contributed by atoms with Gasteiger partial charge in [-0.05, 0) is 19.4 Å². The summed E-state index contributed by atoms with van der Waals surface area (Å²) in [7, 11) is 0. The molecule has 0 aromatic heterocycles. The van der Waals surface area contributed by atoms with Crippen LogP contribution in [0.1, 0.15) is 39.0 Å². The van der Waals surface area contributed by atoms with Crippen molar-refractivity contribution >= 4 is 0 Å². The summed E-state index contributed by atoms with van der Waals surface area (Å²) in [5, 5.41) is 8.28. The minimum atomic E-state index is 0.469. The largest absolute Gasteiger partial charge is 0.193 e. The van der Waals surface area contributed by atoms with Crippen LogP contribution in [0, 0.1) is 17.9 Å². The zero-order chi connectivity index (χ0) is 7.82. The van der Waals surface area contributed by atoms with Crippen LogP contribution in [-0.4, -0.2) is 0 Å². The molecule has 1 radical (unpaired) electrons.